The number of carbonyl (C=O) groups is 1. The topological polar surface area (TPSA) is 58.6 Å². The van der Waals surface area contributed by atoms with Crippen LogP contribution in [0.4, 0.5) is 4.79 Å². The highest BCUT2D eigenvalue weighted by molar-refractivity contribution is 7.84. The third-order valence-corrected chi connectivity index (χ3v) is 4.94. The maximum atomic E-state index is 12.3. The van der Waals surface area contributed by atoms with Crippen molar-refractivity contribution in [2.75, 3.05) is 18.6 Å². The van der Waals surface area contributed by atoms with Gasteiger partial charge in [-0.2, -0.15) is 0 Å². The molecular formula is C15H28N2O3S. The van der Waals surface area contributed by atoms with E-state index in [0.717, 1.165) is 32.2 Å². The Balaban J connectivity index is 1.87. The molecule has 0 saturated carbocycles. The number of hydrogen-bond donors (Lipinski definition) is 1. The predicted octanol–water partition coefficient (Wildman–Crippen LogP) is 1.88. The number of fused-ring (bicyclic) bond motifs is 2. The summed E-state index contributed by atoms with van der Waals surface area (Å²) in [5.74, 6) is 0.696. The molecule has 6 heteroatoms. The van der Waals surface area contributed by atoms with E-state index in [-0.39, 0.29) is 6.09 Å². The van der Waals surface area contributed by atoms with E-state index in [1.165, 1.54) is 0 Å². The van der Waals surface area contributed by atoms with Gasteiger partial charge in [-0.25, -0.2) is 4.79 Å². The van der Waals surface area contributed by atoms with Gasteiger partial charge in [0.15, 0.2) is 0 Å². The molecular weight excluding hydrogens is 288 g/mol. The molecule has 2 heterocycles. The van der Waals surface area contributed by atoms with Crippen molar-refractivity contribution in [2.45, 2.75) is 70.2 Å². The monoisotopic (exact) mass is 316 g/mol. The Labute approximate surface area is 130 Å². The van der Waals surface area contributed by atoms with E-state index >= 15 is 0 Å². The lowest BCUT2D eigenvalue weighted by atomic mass is 9.98. The highest BCUT2D eigenvalue weighted by Crippen LogP contribution is 2.36. The number of carbonyl (C=O) groups excluding carboxylic acids is 1. The molecule has 0 aromatic heterocycles. The largest absolute Gasteiger partial charge is 0.444 e. The first-order valence-corrected chi connectivity index (χ1v) is 9.53. The zero-order valence-corrected chi connectivity index (χ0v) is 14.4. The number of rotatable bonds is 4. The van der Waals surface area contributed by atoms with Gasteiger partial charge in [-0.05, 0) is 46.5 Å². The minimum atomic E-state index is -0.745. The third-order valence-electron chi connectivity index (χ3n) is 4.16. The number of hydrogen-bond acceptors (Lipinski definition) is 4. The summed E-state index contributed by atoms with van der Waals surface area (Å²) in [6.45, 7) is 6.52. The van der Waals surface area contributed by atoms with Gasteiger partial charge in [-0.1, -0.05) is 0 Å². The van der Waals surface area contributed by atoms with Crippen LogP contribution in [0.3, 0.4) is 0 Å². The molecule has 2 bridgehead atoms. The van der Waals surface area contributed by atoms with Crippen molar-refractivity contribution in [1.82, 2.24) is 10.2 Å². The van der Waals surface area contributed by atoms with E-state index in [9.17, 15) is 9.00 Å². The Morgan fingerprint density at radius 3 is 2.33 bits per heavy atom. The SMILES string of the molecule is CS(=O)CCNC1CC2CCC(C1)N2C(=O)OC(C)(C)C. The van der Waals surface area contributed by atoms with E-state index in [0.29, 0.717) is 23.9 Å². The third kappa shape index (κ3) is 4.68. The average Bonchev–Trinajstić information content (AvgIpc) is 2.59. The Morgan fingerprint density at radius 2 is 1.86 bits per heavy atom. The summed E-state index contributed by atoms with van der Waals surface area (Å²) < 4.78 is 16.6. The zero-order chi connectivity index (χ0) is 15.6. The van der Waals surface area contributed by atoms with Crippen molar-refractivity contribution in [3.63, 3.8) is 0 Å². The Hall–Kier alpha value is -0.620. The molecule has 2 saturated heterocycles. The zero-order valence-electron chi connectivity index (χ0n) is 13.6. The second kappa shape index (κ2) is 6.65. The first-order valence-electron chi connectivity index (χ1n) is 7.81. The van der Waals surface area contributed by atoms with Gasteiger partial charge in [-0.15, -0.1) is 0 Å². The van der Waals surface area contributed by atoms with Gasteiger partial charge in [0, 0.05) is 47.5 Å². The Kier molecular flexibility index (Phi) is 5.30. The van der Waals surface area contributed by atoms with Gasteiger partial charge in [0.2, 0.25) is 0 Å². The second-order valence-corrected chi connectivity index (χ2v) is 8.73. The summed E-state index contributed by atoms with van der Waals surface area (Å²) in [4.78, 5) is 14.3. The number of nitrogens with zero attached hydrogens (tertiary/aromatic N) is 1. The molecule has 0 spiro atoms. The van der Waals surface area contributed by atoms with Gasteiger partial charge in [0.05, 0.1) is 0 Å². The van der Waals surface area contributed by atoms with E-state index in [1.807, 2.05) is 25.7 Å². The van der Waals surface area contributed by atoms with Crippen LogP contribution in [0.25, 0.3) is 0 Å². The van der Waals surface area contributed by atoms with Gasteiger partial charge < -0.3 is 15.0 Å². The number of piperidine rings is 1. The summed E-state index contributed by atoms with van der Waals surface area (Å²) in [6, 6.07) is 1.02. The van der Waals surface area contributed by atoms with Crippen LogP contribution in [0.1, 0.15) is 46.5 Å². The lowest BCUT2D eigenvalue weighted by molar-refractivity contribution is 0.00483. The number of nitrogens with one attached hydrogen (secondary N) is 1. The molecule has 122 valence electrons. The van der Waals surface area contributed by atoms with Crippen molar-refractivity contribution in [3.05, 3.63) is 0 Å². The highest BCUT2D eigenvalue weighted by atomic mass is 32.2. The van der Waals surface area contributed by atoms with Gasteiger partial charge in [0.1, 0.15) is 5.60 Å². The molecule has 2 fully saturated rings. The molecule has 0 aromatic carbocycles. The lowest BCUT2D eigenvalue weighted by Gasteiger charge is -2.39. The van der Waals surface area contributed by atoms with Gasteiger partial charge >= 0.3 is 6.09 Å². The fraction of sp³-hybridized carbons (Fsp3) is 0.933. The summed E-state index contributed by atoms with van der Waals surface area (Å²) in [5, 5.41) is 3.49. The Bertz CT molecular complexity index is 394. The van der Waals surface area contributed by atoms with Crippen LogP contribution in [0.15, 0.2) is 0 Å². The maximum Gasteiger partial charge on any atom is 0.410 e. The van der Waals surface area contributed by atoms with Crippen LogP contribution in [-0.4, -0.2) is 57.5 Å². The lowest BCUT2D eigenvalue weighted by Crippen LogP contribution is -2.52. The van der Waals surface area contributed by atoms with Crippen LogP contribution in [-0.2, 0) is 15.5 Å². The standard InChI is InChI=1S/C15H28N2O3S/c1-15(2,3)20-14(18)17-12-5-6-13(17)10-11(9-12)16-7-8-21(4)19/h11-13,16H,5-10H2,1-4H3. The number of ether oxygens (including phenoxy) is 1. The smallest absolute Gasteiger partial charge is 0.410 e. The molecule has 1 amide bonds. The van der Waals surface area contributed by atoms with Crippen molar-refractivity contribution in [2.24, 2.45) is 0 Å². The predicted molar refractivity (Wildman–Crippen MR) is 84.8 cm³/mol. The van der Waals surface area contributed by atoms with E-state index in [2.05, 4.69) is 5.32 Å². The van der Waals surface area contributed by atoms with E-state index in [1.54, 1.807) is 6.26 Å². The normalized spacial score (nSPS) is 30.3. The molecule has 3 atom stereocenters. The van der Waals surface area contributed by atoms with Crippen LogP contribution in [0, 0.1) is 0 Å². The summed E-state index contributed by atoms with van der Waals surface area (Å²) in [6.07, 6.45) is 5.67. The van der Waals surface area contributed by atoms with E-state index < -0.39 is 16.4 Å². The van der Waals surface area contributed by atoms with Gasteiger partial charge in [-0.3, -0.25) is 4.21 Å². The molecule has 3 unspecified atom stereocenters. The molecule has 5 nitrogen and oxygen atoms in total. The molecule has 0 aromatic rings. The number of amides is 1. The minimum absolute atomic E-state index is 0.164. The maximum absolute atomic E-state index is 12.3. The molecule has 2 rings (SSSR count). The van der Waals surface area contributed by atoms with Crippen LogP contribution in [0.5, 0.6) is 0 Å². The quantitative estimate of drug-likeness (QED) is 0.860. The fourth-order valence-electron chi connectivity index (χ4n) is 3.36. The van der Waals surface area contributed by atoms with Crippen molar-refractivity contribution in [1.29, 1.82) is 0 Å². The fourth-order valence-corrected chi connectivity index (χ4v) is 3.77. The van der Waals surface area contributed by atoms with Crippen LogP contribution in [0.2, 0.25) is 0 Å². The summed E-state index contributed by atoms with van der Waals surface area (Å²) in [5.41, 5.74) is -0.434. The first kappa shape index (κ1) is 16.7. The molecule has 21 heavy (non-hydrogen) atoms. The molecule has 2 aliphatic heterocycles. The molecule has 2 aliphatic rings. The summed E-state index contributed by atoms with van der Waals surface area (Å²) in [7, 11) is -0.745. The molecule has 0 aliphatic carbocycles. The van der Waals surface area contributed by atoms with Gasteiger partial charge in [0.25, 0.3) is 0 Å². The summed E-state index contributed by atoms with van der Waals surface area (Å²) >= 11 is 0. The first-order chi connectivity index (χ1) is 9.76. The highest BCUT2D eigenvalue weighted by Gasteiger charge is 2.44. The van der Waals surface area contributed by atoms with E-state index in [4.69, 9.17) is 4.74 Å². The van der Waals surface area contributed by atoms with Crippen molar-refractivity contribution < 1.29 is 13.7 Å². The van der Waals surface area contributed by atoms with Crippen molar-refractivity contribution >= 4 is 16.9 Å². The molecule has 0 radical (unpaired) electrons. The molecule has 1 N–H and O–H groups in total. The minimum Gasteiger partial charge on any atom is -0.444 e. The van der Waals surface area contributed by atoms with Crippen LogP contribution >= 0.6 is 0 Å². The second-order valence-electron chi connectivity index (χ2n) is 7.17. The van der Waals surface area contributed by atoms with Crippen molar-refractivity contribution in [3.8, 4) is 0 Å². The average molecular weight is 316 g/mol. The van der Waals surface area contributed by atoms with Crippen LogP contribution < -0.4 is 5.32 Å². The Morgan fingerprint density at radius 1 is 1.29 bits per heavy atom.